The molecule has 0 saturated carbocycles. The van der Waals surface area contributed by atoms with Gasteiger partial charge in [-0.25, -0.2) is 0 Å². The Morgan fingerprint density at radius 1 is 1.54 bits per heavy atom. The zero-order valence-corrected chi connectivity index (χ0v) is 7.40. The molecule has 0 amide bonds. The van der Waals surface area contributed by atoms with Crippen molar-refractivity contribution < 1.29 is 5.11 Å². The van der Waals surface area contributed by atoms with E-state index >= 15 is 0 Å². The third kappa shape index (κ3) is 2.23. The van der Waals surface area contributed by atoms with Crippen molar-refractivity contribution in [3.63, 3.8) is 0 Å². The molecule has 0 fully saturated rings. The minimum atomic E-state index is -0.190. The Labute approximate surface area is 77.7 Å². The normalized spacial score (nSPS) is 12.4. The molecule has 3 heteroatoms. The van der Waals surface area contributed by atoms with Crippen LogP contribution in [0.15, 0.2) is 30.9 Å². The van der Waals surface area contributed by atoms with Crippen molar-refractivity contribution in [3.05, 3.63) is 36.4 Å². The lowest BCUT2D eigenvalue weighted by molar-refractivity contribution is 0.474. The standard InChI is InChI=1S/C10H14N2O/c1-2-3-9(11)8-6-7(13)4-5-10(8)12/h2,4-6,9,13H,1,3,11-12H2/t9-/m0/s1. The van der Waals surface area contributed by atoms with E-state index in [2.05, 4.69) is 6.58 Å². The Kier molecular flexibility index (Phi) is 2.93. The van der Waals surface area contributed by atoms with Crippen LogP contribution in [-0.4, -0.2) is 5.11 Å². The van der Waals surface area contributed by atoms with Gasteiger partial charge in [0.15, 0.2) is 0 Å². The van der Waals surface area contributed by atoms with Crippen molar-refractivity contribution >= 4 is 5.69 Å². The van der Waals surface area contributed by atoms with E-state index in [4.69, 9.17) is 11.5 Å². The van der Waals surface area contributed by atoms with Crippen LogP contribution in [0.4, 0.5) is 5.69 Å². The van der Waals surface area contributed by atoms with Crippen LogP contribution in [0.2, 0.25) is 0 Å². The number of phenols is 1. The van der Waals surface area contributed by atoms with Gasteiger partial charge >= 0.3 is 0 Å². The average Bonchev–Trinajstić information content (AvgIpc) is 2.09. The topological polar surface area (TPSA) is 72.3 Å². The van der Waals surface area contributed by atoms with Gasteiger partial charge in [0.1, 0.15) is 5.75 Å². The van der Waals surface area contributed by atoms with Gasteiger partial charge < -0.3 is 16.6 Å². The van der Waals surface area contributed by atoms with Gasteiger partial charge in [-0.3, -0.25) is 0 Å². The number of rotatable bonds is 3. The number of nitrogens with two attached hydrogens (primary N) is 2. The molecule has 0 spiro atoms. The van der Waals surface area contributed by atoms with Gasteiger partial charge in [0.05, 0.1) is 0 Å². The fourth-order valence-corrected chi connectivity index (χ4v) is 1.19. The zero-order chi connectivity index (χ0) is 9.84. The molecule has 0 bridgehead atoms. The van der Waals surface area contributed by atoms with Crippen molar-refractivity contribution in [1.82, 2.24) is 0 Å². The molecule has 0 aromatic heterocycles. The predicted molar refractivity (Wildman–Crippen MR) is 54.3 cm³/mol. The Balaban J connectivity index is 2.97. The van der Waals surface area contributed by atoms with Gasteiger partial charge in [-0.1, -0.05) is 6.08 Å². The minimum absolute atomic E-state index is 0.184. The largest absolute Gasteiger partial charge is 0.508 e. The second kappa shape index (κ2) is 3.96. The monoisotopic (exact) mass is 178 g/mol. The van der Waals surface area contributed by atoms with Crippen LogP contribution in [0.3, 0.4) is 0 Å². The maximum absolute atomic E-state index is 9.22. The average molecular weight is 178 g/mol. The van der Waals surface area contributed by atoms with Gasteiger partial charge in [0.25, 0.3) is 0 Å². The van der Waals surface area contributed by atoms with Crippen LogP contribution in [0.1, 0.15) is 18.0 Å². The smallest absolute Gasteiger partial charge is 0.116 e. The molecule has 3 nitrogen and oxygen atoms in total. The molecular weight excluding hydrogens is 164 g/mol. The Hall–Kier alpha value is -1.48. The highest BCUT2D eigenvalue weighted by Crippen LogP contribution is 2.25. The maximum Gasteiger partial charge on any atom is 0.116 e. The van der Waals surface area contributed by atoms with E-state index < -0.39 is 0 Å². The summed E-state index contributed by atoms with van der Waals surface area (Å²) < 4.78 is 0. The molecule has 0 aliphatic heterocycles. The molecule has 1 rings (SSSR count). The van der Waals surface area contributed by atoms with E-state index in [-0.39, 0.29) is 11.8 Å². The SMILES string of the molecule is C=CC[C@H](N)c1cc(O)ccc1N. The first-order chi connectivity index (χ1) is 6.15. The van der Waals surface area contributed by atoms with Crippen LogP contribution in [0, 0.1) is 0 Å². The van der Waals surface area contributed by atoms with Crippen LogP contribution < -0.4 is 11.5 Å². The fourth-order valence-electron chi connectivity index (χ4n) is 1.19. The highest BCUT2D eigenvalue weighted by atomic mass is 16.3. The molecule has 0 saturated heterocycles. The summed E-state index contributed by atoms with van der Waals surface area (Å²) in [6.07, 6.45) is 2.38. The number of hydrogen-bond donors (Lipinski definition) is 3. The maximum atomic E-state index is 9.22. The summed E-state index contributed by atoms with van der Waals surface area (Å²) in [7, 11) is 0. The molecule has 0 radical (unpaired) electrons. The van der Waals surface area contributed by atoms with E-state index in [9.17, 15) is 5.11 Å². The van der Waals surface area contributed by atoms with E-state index in [0.717, 1.165) is 5.56 Å². The van der Waals surface area contributed by atoms with Crippen molar-refractivity contribution in [2.45, 2.75) is 12.5 Å². The Bertz CT molecular complexity index is 310. The minimum Gasteiger partial charge on any atom is -0.508 e. The second-order valence-electron chi connectivity index (χ2n) is 2.94. The predicted octanol–water partition coefficient (Wildman–Crippen LogP) is 1.55. The Morgan fingerprint density at radius 2 is 2.23 bits per heavy atom. The summed E-state index contributed by atoms with van der Waals surface area (Å²) in [4.78, 5) is 0. The summed E-state index contributed by atoms with van der Waals surface area (Å²) in [6.45, 7) is 3.59. The van der Waals surface area contributed by atoms with Gasteiger partial charge in [0, 0.05) is 11.7 Å². The molecule has 13 heavy (non-hydrogen) atoms. The van der Waals surface area contributed by atoms with Crippen LogP contribution in [0.5, 0.6) is 5.75 Å². The number of hydrogen-bond acceptors (Lipinski definition) is 3. The summed E-state index contributed by atoms with van der Waals surface area (Å²) in [5.41, 5.74) is 12.9. The van der Waals surface area contributed by atoms with Gasteiger partial charge in [0.2, 0.25) is 0 Å². The van der Waals surface area contributed by atoms with E-state index in [0.29, 0.717) is 12.1 Å². The highest BCUT2D eigenvalue weighted by molar-refractivity contribution is 5.51. The summed E-state index contributed by atoms with van der Waals surface area (Å²) in [5.74, 6) is 0.184. The molecular formula is C10H14N2O. The number of aromatic hydroxyl groups is 1. The van der Waals surface area contributed by atoms with Crippen LogP contribution in [0.25, 0.3) is 0 Å². The van der Waals surface area contributed by atoms with Gasteiger partial charge in [-0.2, -0.15) is 0 Å². The lowest BCUT2D eigenvalue weighted by Crippen LogP contribution is -2.11. The second-order valence-corrected chi connectivity index (χ2v) is 2.94. The fraction of sp³-hybridized carbons (Fsp3) is 0.200. The lowest BCUT2D eigenvalue weighted by atomic mass is 10.0. The quantitative estimate of drug-likeness (QED) is 0.373. The first kappa shape index (κ1) is 9.61. The first-order valence-electron chi connectivity index (χ1n) is 4.10. The van der Waals surface area contributed by atoms with Crippen molar-refractivity contribution in [2.24, 2.45) is 5.73 Å². The zero-order valence-electron chi connectivity index (χ0n) is 7.40. The van der Waals surface area contributed by atoms with Crippen molar-refractivity contribution in [1.29, 1.82) is 0 Å². The third-order valence-electron chi connectivity index (χ3n) is 1.89. The van der Waals surface area contributed by atoms with Crippen LogP contribution >= 0.6 is 0 Å². The first-order valence-corrected chi connectivity index (χ1v) is 4.10. The van der Waals surface area contributed by atoms with Gasteiger partial charge in [-0.15, -0.1) is 6.58 Å². The summed E-state index contributed by atoms with van der Waals surface area (Å²) in [5, 5.41) is 9.22. The summed E-state index contributed by atoms with van der Waals surface area (Å²) in [6, 6.07) is 4.58. The molecule has 70 valence electrons. The van der Waals surface area contributed by atoms with E-state index in [1.807, 2.05) is 0 Å². The number of phenolic OH excluding ortho intramolecular Hbond substituents is 1. The molecule has 1 aromatic carbocycles. The van der Waals surface area contributed by atoms with Crippen molar-refractivity contribution in [3.8, 4) is 5.75 Å². The lowest BCUT2D eigenvalue weighted by Gasteiger charge is -2.12. The van der Waals surface area contributed by atoms with E-state index in [1.165, 1.54) is 0 Å². The molecule has 5 N–H and O–H groups in total. The van der Waals surface area contributed by atoms with Crippen molar-refractivity contribution in [2.75, 3.05) is 5.73 Å². The molecule has 1 aromatic rings. The summed E-state index contributed by atoms with van der Waals surface area (Å²) >= 11 is 0. The Morgan fingerprint density at radius 3 is 2.85 bits per heavy atom. The third-order valence-corrected chi connectivity index (χ3v) is 1.89. The van der Waals surface area contributed by atoms with Crippen LogP contribution in [-0.2, 0) is 0 Å². The molecule has 1 atom stereocenters. The van der Waals surface area contributed by atoms with E-state index in [1.54, 1.807) is 24.3 Å². The molecule has 0 aliphatic rings. The molecule has 0 aliphatic carbocycles. The van der Waals surface area contributed by atoms with Gasteiger partial charge in [-0.05, 0) is 30.2 Å². The number of anilines is 1. The number of nitrogen functional groups attached to an aromatic ring is 1. The highest BCUT2D eigenvalue weighted by Gasteiger charge is 2.08. The molecule has 0 unspecified atom stereocenters. The number of benzene rings is 1. The molecule has 0 heterocycles.